The molecule has 0 aromatic carbocycles. The van der Waals surface area contributed by atoms with Crippen molar-refractivity contribution in [1.82, 2.24) is 14.8 Å². The van der Waals surface area contributed by atoms with Gasteiger partial charge in [0.05, 0.1) is 24.1 Å². The molecule has 3 aromatic rings. The van der Waals surface area contributed by atoms with Gasteiger partial charge < -0.3 is 19.6 Å². The lowest BCUT2D eigenvalue weighted by atomic mass is 10.2. The number of nitrogens with one attached hydrogen (secondary N) is 2. The molecule has 0 saturated carbocycles. The van der Waals surface area contributed by atoms with Gasteiger partial charge in [0.2, 0.25) is 11.0 Å². The van der Waals surface area contributed by atoms with Crippen molar-refractivity contribution in [2.75, 3.05) is 22.9 Å². The number of thioether (sulfide) groups is 1. The smallest absolute Gasteiger partial charge is 0.235 e. The summed E-state index contributed by atoms with van der Waals surface area (Å²) < 4.78 is 8.05. The van der Waals surface area contributed by atoms with Gasteiger partial charge in [-0.3, -0.25) is 4.79 Å². The van der Waals surface area contributed by atoms with Crippen LogP contribution in [-0.4, -0.2) is 33.0 Å². The van der Waals surface area contributed by atoms with Gasteiger partial charge >= 0.3 is 0 Å². The minimum atomic E-state index is -0.207. The first-order valence-corrected chi connectivity index (χ1v) is 11.3. The summed E-state index contributed by atoms with van der Waals surface area (Å²) in [6, 6.07) is 5.89. The summed E-state index contributed by atoms with van der Waals surface area (Å²) in [7, 11) is 0. The third-order valence-corrected chi connectivity index (χ3v) is 6.50. The molecule has 3 aromatic heterocycles. The molecule has 0 radical (unpaired) electrons. The lowest BCUT2D eigenvalue weighted by Crippen LogP contribution is -2.18. The normalized spacial score (nSPS) is 10.9. The number of hydrogen-bond acceptors (Lipinski definition) is 8. The largest absolute Gasteiger partial charge is 0.467 e. The Kier molecular flexibility index (Phi) is 7.18. The lowest BCUT2D eigenvalue weighted by Gasteiger charge is -2.11. The van der Waals surface area contributed by atoms with Crippen molar-refractivity contribution in [2.24, 2.45) is 5.92 Å². The van der Waals surface area contributed by atoms with Gasteiger partial charge in [0, 0.05) is 12.2 Å². The lowest BCUT2D eigenvalue weighted by molar-refractivity contribution is -0.113. The number of nitrogens with zero attached hydrogens (tertiary/aromatic N) is 4. The van der Waals surface area contributed by atoms with Crippen LogP contribution in [0.15, 0.2) is 27.2 Å². The van der Waals surface area contributed by atoms with Crippen molar-refractivity contribution in [3.8, 4) is 6.07 Å². The highest BCUT2D eigenvalue weighted by Gasteiger charge is 2.20. The van der Waals surface area contributed by atoms with Gasteiger partial charge in [-0.2, -0.15) is 5.26 Å². The second-order valence-electron chi connectivity index (χ2n) is 7.20. The third kappa shape index (κ3) is 5.23. The number of carbonyl (C=O) groups excluding carboxylic acids is 1. The Hall–Kier alpha value is -2.77. The zero-order valence-electron chi connectivity index (χ0n) is 17.4. The van der Waals surface area contributed by atoms with Gasteiger partial charge in [-0.1, -0.05) is 36.9 Å². The van der Waals surface area contributed by atoms with Crippen LogP contribution in [0.3, 0.4) is 0 Å². The molecule has 2 N–H and O–H groups in total. The number of nitriles is 1. The maximum Gasteiger partial charge on any atom is 0.235 e. The fourth-order valence-corrected chi connectivity index (χ4v) is 4.37. The minimum absolute atomic E-state index is 0.174. The first-order valence-electron chi connectivity index (χ1n) is 9.51. The van der Waals surface area contributed by atoms with Crippen molar-refractivity contribution in [1.29, 1.82) is 5.26 Å². The molecule has 30 heavy (non-hydrogen) atoms. The van der Waals surface area contributed by atoms with Gasteiger partial charge in [-0.25, -0.2) is 0 Å². The minimum Gasteiger partial charge on any atom is -0.467 e. The molecule has 0 spiro atoms. The molecule has 158 valence electrons. The molecular weight excluding hydrogens is 420 g/mol. The monoisotopic (exact) mass is 444 g/mol. The number of rotatable bonds is 9. The Labute approximate surface area is 183 Å². The van der Waals surface area contributed by atoms with E-state index >= 15 is 0 Å². The van der Waals surface area contributed by atoms with Crippen LogP contribution in [0.5, 0.6) is 0 Å². The molecule has 0 bridgehead atoms. The summed E-state index contributed by atoms with van der Waals surface area (Å²) in [4.78, 5) is 12.6. The highest BCUT2D eigenvalue weighted by Crippen LogP contribution is 2.29. The summed E-state index contributed by atoms with van der Waals surface area (Å²) in [5.41, 5.74) is 2.22. The topological polar surface area (TPSA) is 109 Å². The van der Waals surface area contributed by atoms with Crippen molar-refractivity contribution in [3.05, 3.63) is 41.0 Å². The van der Waals surface area contributed by atoms with Crippen LogP contribution in [0.4, 0.5) is 10.9 Å². The molecule has 0 aliphatic carbocycles. The molecule has 0 fully saturated rings. The molecule has 0 unspecified atom stereocenters. The number of anilines is 2. The maximum atomic E-state index is 12.6. The summed E-state index contributed by atoms with van der Waals surface area (Å²) in [5.74, 6) is 1.72. The Morgan fingerprint density at radius 3 is 2.87 bits per heavy atom. The SMILES string of the molecule is Cc1c(C#N)c(NC(=O)CSc2nnc(NCC(C)C)s2)n(Cc2ccco2)c1C. The summed E-state index contributed by atoms with van der Waals surface area (Å²) in [5, 5.41) is 24.7. The maximum absolute atomic E-state index is 12.6. The molecule has 8 nitrogen and oxygen atoms in total. The highest BCUT2D eigenvalue weighted by atomic mass is 32.2. The van der Waals surface area contributed by atoms with E-state index in [-0.39, 0.29) is 11.7 Å². The van der Waals surface area contributed by atoms with E-state index in [4.69, 9.17) is 4.42 Å². The fraction of sp³-hybridized carbons (Fsp3) is 0.400. The van der Waals surface area contributed by atoms with Crippen molar-refractivity contribution >= 4 is 40.0 Å². The van der Waals surface area contributed by atoms with E-state index < -0.39 is 0 Å². The molecule has 3 heterocycles. The van der Waals surface area contributed by atoms with E-state index in [1.54, 1.807) is 6.26 Å². The first-order chi connectivity index (χ1) is 14.4. The first kappa shape index (κ1) is 21.9. The zero-order valence-corrected chi connectivity index (χ0v) is 19.0. The number of amides is 1. The van der Waals surface area contributed by atoms with Crippen LogP contribution < -0.4 is 10.6 Å². The zero-order chi connectivity index (χ0) is 21.7. The van der Waals surface area contributed by atoms with E-state index in [9.17, 15) is 10.1 Å². The van der Waals surface area contributed by atoms with E-state index in [1.807, 2.05) is 30.5 Å². The molecular formula is C20H24N6O2S2. The molecule has 3 rings (SSSR count). The molecule has 10 heteroatoms. The number of hydrogen-bond donors (Lipinski definition) is 2. The van der Waals surface area contributed by atoms with Gasteiger partial charge in [0.1, 0.15) is 17.6 Å². The van der Waals surface area contributed by atoms with Crippen LogP contribution in [0.2, 0.25) is 0 Å². The Bertz CT molecular complexity index is 1050. The standard InChI is InChI=1S/C20H24N6O2S2/c1-12(2)9-22-19-24-25-20(30-19)29-11-17(27)23-18-16(8-21)13(3)14(4)26(18)10-15-6-5-7-28-15/h5-7,12H,9-11H2,1-4H3,(H,22,24)(H,23,27). The van der Waals surface area contributed by atoms with Crippen LogP contribution >= 0.6 is 23.1 Å². The van der Waals surface area contributed by atoms with E-state index in [1.165, 1.54) is 23.1 Å². The van der Waals surface area contributed by atoms with E-state index in [2.05, 4.69) is 40.7 Å². The van der Waals surface area contributed by atoms with Crippen LogP contribution in [0, 0.1) is 31.1 Å². The third-order valence-electron chi connectivity index (χ3n) is 4.49. The van der Waals surface area contributed by atoms with Crippen LogP contribution in [-0.2, 0) is 11.3 Å². The number of furan rings is 1. The predicted molar refractivity (Wildman–Crippen MR) is 119 cm³/mol. The summed E-state index contributed by atoms with van der Waals surface area (Å²) >= 11 is 2.74. The quantitative estimate of drug-likeness (QED) is 0.474. The van der Waals surface area contributed by atoms with Gasteiger partial charge in [0.15, 0.2) is 4.34 Å². The molecule has 1 amide bonds. The Morgan fingerprint density at radius 2 is 2.20 bits per heavy atom. The Morgan fingerprint density at radius 1 is 1.40 bits per heavy atom. The van der Waals surface area contributed by atoms with E-state index in [0.717, 1.165) is 33.0 Å². The summed E-state index contributed by atoms with van der Waals surface area (Å²) in [6.45, 7) is 9.30. The number of carbonyl (C=O) groups is 1. The van der Waals surface area contributed by atoms with Gasteiger partial charge in [0.25, 0.3) is 0 Å². The predicted octanol–water partition coefficient (Wildman–Crippen LogP) is 4.27. The van der Waals surface area contributed by atoms with Gasteiger partial charge in [-0.15, -0.1) is 10.2 Å². The highest BCUT2D eigenvalue weighted by molar-refractivity contribution is 8.01. The van der Waals surface area contributed by atoms with Crippen molar-refractivity contribution in [2.45, 2.75) is 38.6 Å². The van der Waals surface area contributed by atoms with Gasteiger partial charge in [-0.05, 0) is 37.5 Å². The molecule has 0 aliphatic rings. The Balaban J connectivity index is 1.67. The average molecular weight is 445 g/mol. The van der Waals surface area contributed by atoms with E-state index in [0.29, 0.717) is 23.8 Å². The molecule has 0 saturated heterocycles. The second kappa shape index (κ2) is 9.82. The number of aromatic nitrogens is 3. The van der Waals surface area contributed by atoms with Crippen LogP contribution in [0.25, 0.3) is 0 Å². The fourth-order valence-electron chi connectivity index (χ4n) is 2.81. The second-order valence-corrected chi connectivity index (χ2v) is 9.40. The van der Waals surface area contributed by atoms with Crippen LogP contribution in [0.1, 0.15) is 36.4 Å². The van der Waals surface area contributed by atoms with Crippen molar-refractivity contribution in [3.63, 3.8) is 0 Å². The summed E-state index contributed by atoms with van der Waals surface area (Å²) in [6.07, 6.45) is 1.60. The van der Waals surface area contributed by atoms with Crippen molar-refractivity contribution < 1.29 is 9.21 Å². The average Bonchev–Trinajstić information content (AvgIpc) is 3.43. The molecule has 0 aliphatic heterocycles. The molecule has 0 atom stereocenters.